The molecule has 0 amide bonds. The Morgan fingerprint density at radius 2 is 1.79 bits per heavy atom. The summed E-state index contributed by atoms with van der Waals surface area (Å²) in [5.41, 5.74) is 14.2. The largest absolute Gasteiger partial charge is 0.504 e. The Labute approximate surface area is 372 Å². The molecule has 0 saturated heterocycles. The van der Waals surface area contributed by atoms with Crippen molar-refractivity contribution in [2.45, 2.75) is 140 Å². The highest BCUT2D eigenvalue weighted by atomic mass is 16.5. The van der Waals surface area contributed by atoms with E-state index in [-0.39, 0.29) is 54.8 Å². The maximum absolute atomic E-state index is 11.4. The van der Waals surface area contributed by atoms with Gasteiger partial charge in [0, 0.05) is 66.7 Å². The van der Waals surface area contributed by atoms with Gasteiger partial charge in [0.05, 0.1) is 25.4 Å². The van der Waals surface area contributed by atoms with Crippen molar-refractivity contribution in [1.82, 2.24) is 10.3 Å². The van der Waals surface area contributed by atoms with Crippen molar-refractivity contribution in [1.29, 1.82) is 0 Å². The van der Waals surface area contributed by atoms with Crippen LogP contribution in [-0.4, -0.2) is 67.5 Å². The quantitative estimate of drug-likeness (QED) is 0.0279. The van der Waals surface area contributed by atoms with Crippen molar-refractivity contribution >= 4 is 6.08 Å². The van der Waals surface area contributed by atoms with E-state index in [0.717, 1.165) is 109 Å². The number of ether oxygens (including phenoxy) is 1. The van der Waals surface area contributed by atoms with Gasteiger partial charge >= 0.3 is 0 Å². The van der Waals surface area contributed by atoms with Crippen LogP contribution >= 0.6 is 0 Å². The second-order valence-electron chi connectivity index (χ2n) is 19.0. The summed E-state index contributed by atoms with van der Waals surface area (Å²) in [5, 5.41) is 66.1. The summed E-state index contributed by atoms with van der Waals surface area (Å²) in [5.74, 6) is 3.12. The normalized spacial score (nSPS) is 24.8. The zero-order valence-electron chi connectivity index (χ0n) is 36.9. The number of aromatic amines is 1. The number of hydrogen-bond donors (Lipinski definition) is 9. The van der Waals surface area contributed by atoms with E-state index < -0.39 is 18.3 Å². The molecule has 2 heterocycles. The second-order valence-corrected chi connectivity index (χ2v) is 19.0. The van der Waals surface area contributed by atoms with E-state index in [9.17, 15) is 30.6 Å². The third-order valence-corrected chi connectivity index (χ3v) is 14.6. The Morgan fingerprint density at radius 3 is 2.62 bits per heavy atom. The third-order valence-electron chi connectivity index (χ3n) is 14.6. The fourth-order valence-corrected chi connectivity index (χ4v) is 11.2. The summed E-state index contributed by atoms with van der Waals surface area (Å²) in [7, 11) is 0. The van der Waals surface area contributed by atoms with E-state index in [1.165, 1.54) is 24.1 Å². The minimum Gasteiger partial charge on any atom is -0.504 e. The minimum absolute atomic E-state index is 0.000628. The van der Waals surface area contributed by atoms with Crippen LogP contribution in [0.3, 0.4) is 0 Å². The van der Waals surface area contributed by atoms with Crippen molar-refractivity contribution in [2.75, 3.05) is 19.7 Å². The third kappa shape index (κ3) is 10.2. The summed E-state index contributed by atoms with van der Waals surface area (Å²) < 4.78 is 12.3. The first-order chi connectivity index (χ1) is 30.5. The molecule has 11 nitrogen and oxygen atoms in total. The second kappa shape index (κ2) is 20.3. The fraction of sp³-hybridized carbons (Fsp3) is 0.538. The number of furan rings is 1. The standard InChI is InChI=1S/C52H69N3O8/c1-32(58)27-54-28-44-43-26-45(55-50(43)36-18-20-52(44)19-6-7-39(52)23-36)47(60)31-62-49-22-33(12-17-46(49)59)10-15-41-25-38(30-57)48(63-41)9-5-3-2-4-8-40(53)24-37-14-13-35-21-34(29-56)11-16-42(35)51(37)61/h11-14,16-18,20-22,25-26,32,36-37,39-40,44,47,51,54-61H,2-10,15,19,23-24,27-31,53H2,1H3/t32-,36-,37-,39+,40-,44-,47-,51-,52+/m0/s1. The molecular weight excluding hydrogens is 795 g/mol. The van der Waals surface area contributed by atoms with Crippen LogP contribution in [0.1, 0.15) is 151 Å². The number of phenols is 1. The van der Waals surface area contributed by atoms with Crippen LogP contribution in [0.4, 0.5) is 0 Å². The topological polar surface area (TPSA) is 198 Å². The smallest absolute Gasteiger partial charge is 0.161 e. The number of rotatable bonds is 22. The van der Waals surface area contributed by atoms with Gasteiger partial charge in [-0.2, -0.15) is 0 Å². The van der Waals surface area contributed by atoms with Crippen LogP contribution in [0, 0.1) is 17.3 Å². The molecule has 1 saturated carbocycles. The number of aromatic nitrogens is 1. The monoisotopic (exact) mass is 864 g/mol. The van der Waals surface area contributed by atoms with Gasteiger partial charge in [-0.3, -0.25) is 0 Å². The van der Waals surface area contributed by atoms with Gasteiger partial charge in [-0.25, -0.2) is 0 Å². The van der Waals surface area contributed by atoms with E-state index in [0.29, 0.717) is 31.1 Å². The average Bonchev–Trinajstić information content (AvgIpc) is 4.00. The average molecular weight is 864 g/mol. The van der Waals surface area contributed by atoms with Crippen LogP contribution in [0.2, 0.25) is 0 Å². The van der Waals surface area contributed by atoms with Crippen molar-refractivity contribution in [3.8, 4) is 11.5 Å². The van der Waals surface area contributed by atoms with Crippen molar-refractivity contribution < 1.29 is 39.8 Å². The number of allylic oxidation sites excluding steroid dienone is 2. The van der Waals surface area contributed by atoms with Crippen LogP contribution < -0.4 is 15.8 Å². The molecule has 2 bridgehead atoms. The Bertz CT molecular complexity index is 2210. The van der Waals surface area contributed by atoms with Crippen LogP contribution in [-0.2, 0) is 32.5 Å². The lowest BCUT2D eigenvalue weighted by molar-refractivity contribution is 0.103. The Morgan fingerprint density at radius 1 is 0.952 bits per heavy atom. The lowest BCUT2D eigenvalue weighted by atomic mass is 9.64. The highest BCUT2D eigenvalue weighted by Gasteiger charge is 2.53. The molecule has 0 radical (unpaired) electrons. The number of aliphatic hydroxyl groups excluding tert-OH is 5. The van der Waals surface area contributed by atoms with Crippen molar-refractivity contribution in [3.05, 3.63) is 123 Å². The van der Waals surface area contributed by atoms with E-state index in [1.54, 1.807) is 13.0 Å². The molecule has 1 fully saturated rings. The predicted octanol–water partition coefficient (Wildman–Crippen LogP) is 7.68. The van der Waals surface area contributed by atoms with Gasteiger partial charge in [0.25, 0.3) is 0 Å². The molecule has 4 aromatic rings. The zero-order chi connectivity index (χ0) is 44.1. The van der Waals surface area contributed by atoms with Gasteiger partial charge in [-0.15, -0.1) is 0 Å². The van der Waals surface area contributed by atoms with E-state index in [2.05, 4.69) is 28.5 Å². The van der Waals surface area contributed by atoms with Crippen molar-refractivity contribution in [2.24, 2.45) is 23.0 Å². The molecule has 63 heavy (non-hydrogen) atoms. The number of unbranched alkanes of at least 4 members (excludes halogenated alkanes) is 3. The summed E-state index contributed by atoms with van der Waals surface area (Å²) in [4.78, 5) is 3.60. The maximum Gasteiger partial charge on any atom is 0.161 e. The molecule has 9 atom stereocenters. The number of nitrogens with two attached hydrogens (primary N) is 1. The molecule has 0 aliphatic heterocycles. The number of hydrogen-bond acceptors (Lipinski definition) is 10. The molecule has 5 aliphatic rings. The first kappa shape index (κ1) is 45.4. The lowest BCUT2D eigenvalue weighted by Crippen LogP contribution is -2.39. The minimum atomic E-state index is -0.914. The van der Waals surface area contributed by atoms with E-state index in [1.807, 2.05) is 48.6 Å². The Hall–Kier alpha value is -4.20. The molecule has 5 aliphatic carbocycles. The number of H-pyrrole nitrogens is 1. The molecule has 1 spiro atoms. The SMILES string of the molecule is C[C@H](O)CNC[C@H]1c2cc([C@@H](O)COc3cc(CCc4cc(CO)c(CCCCCC[C@H](N)C[C@@H]5C=Cc6cc(CO)ccc6[C@H]5O)o4)ccc3O)[nH]c2[C@H]2C=C[C@@]13CCC[C@@H]3C2. The summed E-state index contributed by atoms with van der Waals surface area (Å²) in [6, 6.07) is 15.1. The van der Waals surface area contributed by atoms with Crippen LogP contribution in [0.15, 0.2) is 71.2 Å². The molecule has 0 unspecified atom stereocenters. The zero-order valence-corrected chi connectivity index (χ0v) is 36.9. The number of aryl methyl sites for hydroxylation is 3. The maximum atomic E-state index is 11.4. The first-order valence-electron chi connectivity index (χ1n) is 23.6. The number of aromatic hydroxyl groups is 1. The number of phenolic OH excluding ortho intramolecular Hbond substituents is 1. The lowest BCUT2D eigenvalue weighted by Gasteiger charge is -2.41. The number of nitrogens with one attached hydrogen (secondary N) is 2. The number of fused-ring (bicyclic) bond motifs is 1. The van der Waals surface area contributed by atoms with Gasteiger partial charge in [-0.1, -0.05) is 68.2 Å². The van der Waals surface area contributed by atoms with Crippen molar-refractivity contribution in [3.63, 3.8) is 0 Å². The summed E-state index contributed by atoms with van der Waals surface area (Å²) in [6.45, 7) is 3.00. The molecule has 2 aromatic carbocycles. The summed E-state index contributed by atoms with van der Waals surface area (Å²) in [6.07, 6.45) is 19.4. The van der Waals surface area contributed by atoms with E-state index >= 15 is 0 Å². The molecule has 340 valence electrons. The van der Waals surface area contributed by atoms with Gasteiger partial charge in [0.15, 0.2) is 11.5 Å². The summed E-state index contributed by atoms with van der Waals surface area (Å²) >= 11 is 0. The molecule has 2 aromatic heterocycles. The van der Waals surface area contributed by atoms with Gasteiger partial charge in [0.2, 0.25) is 0 Å². The highest BCUT2D eigenvalue weighted by molar-refractivity contribution is 5.59. The molecule has 11 heteroatoms. The molecule has 9 rings (SSSR count). The van der Waals surface area contributed by atoms with Gasteiger partial charge in [0.1, 0.15) is 24.2 Å². The van der Waals surface area contributed by atoms with Crippen LogP contribution in [0.5, 0.6) is 11.5 Å². The van der Waals surface area contributed by atoms with Gasteiger partial charge in [-0.05, 0) is 121 Å². The molecular formula is C52H69N3O8. The fourth-order valence-electron chi connectivity index (χ4n) is 11.2. The van der Waals surface area contributed by atoms with Gasteiger partial charge < -0.3 is 55.8 Å². The van der Waals surface area contributed by atoms with Crippen LogP contribution in [0.25, 0.3) is 6.08 Å². The first-order valence-corrected chi connectivity index (χ1v) is 23.6. The predicted molar refractivity (Wildman–Crippen MR) is 244 cm³/mol. The molecule has 10 N–H and O–H groups in total. The Balaban J connectivity index is 0.790. The number of aliphatic hydroxyl groups is 5. The Kier molecular flexibility index (Phi) is 14.6. The number of benzene rings is 2. The highest BCUT2D eigenvalue weighted by Crippen LogP contribution is 2.62. The van der Waals surface area contributed by atoms with E-state index in [4.69, 9.17) is 14.9 Å².